The standard InChI is InChI=1S/C17H10FN/c18-16-9-15-12-6-2-1-5-11(12)10-19-17(15)14-8-4-3-7-13(14)16/h1-10H. The molecule has 0 amide bonds. The minimum absolute atomic E-state index is 0.193. The van der Waals surface area contributed by atoms with Crippen molar-refractivity contribution in [1.82, 2.24) is 4.98 Å². The Morgan fingerprint density at radius 3 is 2.26 bits per heavy atom. The number of hydrogen-bond acceptors (Lipinski definition) is 1. The minimum atomic E-state index is -0.193. The Hall–Kier alpha value is -2.48. The topological polar surface area (TPSA) is 12.9 Å². The molecule has 0 N–H and O–H groups in total. The largest absolute Gasteiger partial charge is 0.255 e. The summed E-state index contributed by atoms with van der Waals surface area (Å²) < 4.78 is 14.2. The molecular weight excluding hydrogens is 237 g/mol. The van der Waals surface area contributed by atoms with Crippen molar-refractivity contribution in [2.75, 3.05) is 0 Å². The van der Waals surface area contributed by atoms with Gasteiger partial charge >= 0.3 is 0 Å². The van der Waals surface area contributed by atoms with E-state index in [0.717, 1.165) is 27.1 Å². The first-order chi connectivity index (χ1) is 9.34. The second-order valence-corrected chi connectivity index (χ2v) is 4.65. The minimum Gasteiger partial charge on any atom is -0.255 e. The highest BCUT2D eigenvalue weighted by Gasteiger charge is 2.09. The molecule has 0 fully saturated rings. The van der Waals surface area contributed by atoms with Crippen molar-refractivity contribution < 1.29 is 4.39 Å². The van der Waals surface area contributed by atoms with Gasteiger partial charge in [-0.2, -0.15) is 0 Å². The van der Waals surface area contributed by atoms with Crippen LogP contribution in [0.25, 0.3) is 32.4 Å². The molecule has 0 radical (unpaired) electrons. The van der Waals surface area contributed by atoms with E-state index in [9.17, 15) is 4.39 Å². The molecule has 0 aliphatic heterocycles. The number of nitrogens with zero attached hydrogens (tertiary/aromatic N) is 1. The van der Waals surface area contributed by atoms with Gasteiger partial charge in [0.2, 0.25) is 0 Å². The lowest BCUT2D eigenvalue weighted by Gasteiger charge is -2.07. The summed E-state index contributed by atoms with van der Waals surface area (Å²) in [4.78, 5) is 4.51. The summed E-state index contributed by atoms with van der Waals surface area (Å²) in [6, 6.07) is 17.0. The number of halogens is 1. The molecule has 0 saturated heterocycles. The zero-order valence-electron chi connectivity index (χ0n) is 10.1. The molecule has 1 heterocycles. The lowest BCUT2D eigenvalue weighted by molar-refractivity contribution is 0.641. The average Bonchev–Trinajstić information content (AvgIpc) is 2.47. The van der Waals surface area contributed by atoms with E-state index in [2.05, 4.69) is 4.98 Å². The molecule has 0 unspecified atom stereocenters. The van der Waals surface area contributed by atoms with E-state index < -0.39 is 0 Å². The average molecular weight is 247 g/mol. The van der Waals surface area contributed by atoms with Crippen LogP contribution in [0.15, 0.2) is 60.8 Å². The van der Waals surface area contributed by atoms with Crippen molar-refractivity contribution >= 4 is 32.4 Å². The zero-order chi connectivity index (χ0) is 12.8. The van der Waals surface area contributed by atoms with Crippen molar-refractivity contribution in [2.45, 2.75) is 0 Å². The predicted octanol–water partition coefficient (Wildman–Crippen LogP) is 4.68. The molecule has 0 bridgehead atoms. The van der Waals surface area contributed by atoms with E-state index in [1.165, 1.54) is 0 Å². The molecule has 1 aromatic heterocycles. The van der Waals surface area contributed by atoms with E-state index in [1.807, 2.05) is 48.7 Å². The Kier molecular flexibility index (Phi) is 2.06. The van der Waals surface area contributed by atoms with Crippen molar-refractivity contribution in [2.24, 2.45) is 0 Å². The van der Waals surface area contributed by atoms with Crippen LogP contribution in [0.3, 0.4) is 0 Å². The summed E-state index contributed by atoms with van der Waals surface area (Å²) in [5.74, 6) is -0.193. The van der Waals surface area contributed by atoms with Crippen LogP contribution in [0.2, 0.25) is 0 Å². The lowest BCUT2D eigenvalue weighted by Crippen LogP contribution is -1.87. The molecule has 3 aromatic carbocycles. The van der Waals surface area contributed by atoms with Gasteiger partial charge in [-0.25, -0.2) is 4.39 Å². The lowest BCUT2D eigenvalue weighted by atomic mass is 10.0. The second-order valence-electron chi connectivity index (χ2n) is 4.65. The van der Waals surface area contributed by atoms with Gasteiger partial charge in [0.15, 0.2) is 0 Å². The van der Waals surface area contributed by atoms with Crippen molar-refractivity contribution in [1.29, 1.82) is 0 Å². The summed E-state index contributed by atoms with van der Waals surface area (Å²) in [7, 11) is 0. The van der Waals surface area contributed by atoms with Crippen LogP contribution >= 0.6 is 0 Å². The fraction of sp³-hybridized carbons (Fsp3) is 0. The van der Waals surface area contributed by atoms with Gasteiger partial charge in [-0.1, -0.05) is 48.5 Å². The van der Waals surface area contributed by atoms with Gasteiger partial charge in [-0.05, 0) is 11.5 Å². The van der Waals surface area contributed by atoms with E-state index >= 15 is 0 Å². The first kappa shape index (κ1) is 10.4. The van der Waals surface area contributed by atoms with Crippen LogP contribution in [0.5, 0.6) is 0 Å². The molecule has 0 aliphatic carbocycles. The van der Waals surface area contributed by atoms with Gasteiger partial charge in [-0.15, -0.1) is 0 Å². The number of fused-ring (bicyclic) bond motifs is 5. The number of benzene rings is 3. The van der Waals surface area contributed by atoms with Crippen LogP contribution in [0, 0.1) is 5.82 Å². The monoisotopic (exact) mass is 247 g/mol. The molecule has 4 rings (SSSR count). The fourth-order valence-corrected chi connectivity index (χ4v) is 2.65. The van der Waals surface area contributed by atoms with Crippen LogP contribution < -0.4 is 0 Å². The first-order valence-corrected chi connectivity index (χ1v) is 6.19. The molecule has 0 atom stereocenters. The van der Waals surface area contributed by atoms with Gasteiger partial charge in [0.05, 0.1) is 5.52 Å². The smallest absolute Gasteiger partial charge is 0.131 e. The number of pyridine rings is 1. The van der Waals surface area contributed by atoms with Crippen molar-refractivity contribution in [3.63, 3.8) is 0 Å². The summed E-state index contributed by atoms with van der Waals surface area (Å²) in [6.07, 6.45) is 1.85. The molecular formula is C17H10FN. The molecule has 19 heavy (non-hydrogen) atoms. The molecule has 0 aliphatic rings. The van der Waals surface area contributed by atoms with Crippen LogP contribution in [0.1, 0.15) is 0 Å². The van der Waals surface area contributed by atoms with E-state index in [0.29, 0.717) is 5.39 Å². The summed E-state index contributed by atoms with van der Waals surface area (Å²) in [5, 5.41) is 4.43. The SMILES string of the molecule is Fc1cc2c3ccccc3cnc2c2ccccc12. The first-order valence-electron chi connectivity index (χ1n) is 6.19. The van der Waals surface area contributed by atoms with Gasteiger partial charge in [0.1, 0.15) is 5.82 Å². The second kappa shape index (κ2) is 3.75. The Morgan fingerprint density at radius 2 is 1.42 bits per heavy atom. The zero-order valence-corrected chi connectivity index (χ0v) is 10.1. The van der Waals surface area contributed by atoms with Gasteiger partial charge in [0.25, 0.3) is 0 Å². The van der Waals surface area contributed by atoms with Gasteiger partial charge in [-0.3, -0.25) is 4.98 Å². The quantitative estimate of drug-likeness (QED) is 0.411. The van der Waals surface area contributed by atoms with Crippen LogP contribution in [0.4, 0.5) is 4.39 Å². The highest BCUT2D eigenvalue weighted by Crippen LogP contribution is 2.30. The third kappa shape index (κ3) is 1.43. The maximum atomic E-state index is 14.2. The van der Waals surface area contributed by atoms with Crippen LogP contribution in [-0.4, -0.2) is 4.98 Å². The summed E-state index contributed by atoms with van der Waals surface area (Å²) >= 11 is 0. The fourth-order valence-electron chi connectivity index (χ4n) is 2.65. The molecule has 90 valence electrons. The summed E-state index contributed by atoms with van der Waals surface area (Å²) in [6.45, 7) is 0. The predicted molar refractivity (Wildman–Crippen MR) is 76.7 cm³/mol. The Bertz CT molecular complexity index is 928. The van der Waals surface area contributed by atoms with Crippen molar-refractivity contribution in [3.8, 4) is 0 Å². The normalized spacial score (nSPS) is 11.4. The van der Waals surface area contributed by atoms with E-state index in [1.54, 1.807) is 12.1 Å². The van der Waals surface area contributed by atoms with E-state index in [-0.39, 0.29) is 5.82 Å². The highest BCUT2D eigenvalue weighted by atomic mass is 19.1. The van der Waals surface area contributed by atoms with Gasteiger partial charge < -0.3 is 0 Å². The maximum absolute atomic E-state index is 14.2. The molecule has 2 heteroatoms. The molecule has 1 nitrogen and oxygen atoms in total. The Labute approximate surface area is 109 Å². The number of aromatic nitrogens is 1. The summed E-state index contributed by atoms with van der Waals surface area (Å²) in [5.41, 5.74) is 0.857. The maximum Gasteiger partial charge on any atom is 0.131 e. The third-order valence-electron chi connectivity index (χ3n) is 3.55. The van der Waals surface area contributed by atoms with E-state index in [4.69, 9.17) is 0 Å². The molecule has 4 aromatic rings. The Morgan fingerprint density at radius 1 is 0.737 bits per heavy atom. The Balaban J connectivity index is 2.34. The number of rotatable bonds is 0. The van der Waals surface area contributed by atoms with Crippen LogP contribution in [-0.2, 0) is 0 Å². The van der Waals surface area contributed by atoms with Gasteiger partial charge in [0, 0.05) is 27.7 Å². The van der Waals surface area contributed by atoms with Crippen molar-refractivity contribution in [3.05, 3.63) is 66.6 Å². The molecule has 0 saturated carbocycles. The highest BCUT2D eigenvalue weighted by molar-refractivity contribution is 6.15. The third-order valence-corrected chi connectivity index (χ3v) is 3.55. The molecule has 0 spiro atoms. The number of hydrogen-bond donors (Lipinski definition) is 0.